The van der Waals surface area contributed by atoms with Crippen molar-refractivity contribution in [3.8, 4) is 0 Å². The molecule has 0 N–H and O–H groups in total. The highest BCUT2D eigenvalue weighted by Gasteiger charge is 2.46. The van der Waals surface area contributed by atoms with Crippen LogP contribution in [0.1, 0.15) is 19.3 Å². The molecule has 0 radical (unpaired) electrons. The number of rotatable bonds is 0. The molecule has 2 heterocycles. The first-order chi connectivity index (χ1) is 6.11. The van der Waals surface area contributed by atoms with Gasteiger partial charge >= 0.3 is 5.97 Å². The van der Waals surface area contributed by atoms with Crippen molar-refractivity contribution in [2.75, 3.05) is 11.5 Å². The van der Waals surface area contributed by atoms with Crippen LogP contribution in [-0.4, -0.2) is 27.6 Å². The summed E-state index contributed by atoms with van der Waals surface area (Å²) in [6, 6.07) is 0. The highest BCUT2D eigenvalue weighted by atomic mass is 32.2. The van der Waals surface area contributed by atoms with Gasteiger partial charge in [0.2, 0.25) is 0 Å². The van der Waals surface area contributed by atoms with Crippen LogP contribution < -0.4 is 0 Å². The van der Waals surface area contributed by atoms with E-state index >= 15 is 0 Å². The van der Waals surface area contributed by atoms with E-state index in [0.717, 1.165) is 12.8 Å². The Morgan fingerprint density at radius 3 is 2.54 bits per heavy atom. The monoisotopic (exact) mass is 200 g/mol. The summed E-state index contributed by atoms with van der Waals surface area (Å²) in [5, 5.41) is 0. The Bertz CT molecular complexity index is 236. The molecule has 0 amide bonds. The summed E-state index contributed by atoms with van der Waals surface area (Å²) < 4.78 is 16.4. The van der Waals surface area contributed by atoms with Gasteiger partial charge in [-0.3, -0.25) is 0 Å². The van der Waals surface area contributed by atoms with Crippen molar-refractivity contribution in [1.82, 2.24) is 0 Å². The first-order valence-corrected chi connectivity index (χ1v) is 5.86. The van der Waals surface area contributed by atoms with E-state index in [1.165, 1.54) is 0 Å². The molecule has 0 aromatic carbocycles. The molecular weight excluding hydrogens is 188 g/mol. The zero-order valence-corrected chi connectivity index (χ0v) is 8.19. The van der Waals surface area contributed by atoms with Gasteiger partial charge < -0.3 is 9.29 Å². The van der Waals surface area contributed by atoms with Crippen molar-refractivity contribution < 1.29 is 14.1 Å². The van der Waals surface area contributed by atoms with E-state index < -0.39 is 11.2 Å². The maximum absolute atomic E-state index is 11.1. The predicted molar refractivity (Wildman–Crippen MR) is 49.7 cm³/mol. The van der Waals surface area contributed by atoms with Crippen molar-refractivity contribution in [2.45, 2.75) is 24.9 Å². The van der Waals surface area contributed by atoms with Gasteiger partial charge in [-0.25, -0.2) is 4.79 Å². The molecule has 0 aromatic heterocycles. The third kappa shape index (κ3) is 1.60. The fraction of sp³-hybridized carbons (Fsp3) is 0.667. The molecule has 72 valence electrons. The minimum Gasteiger partial charge on any atom is -0.616 e. The summed E-state index contributed by atoms with van der Waals surface area (Å²) in [5.41, 5.74) is 0.218. The second-order valence-electron chi connectivity index (χ2n) is 3.70. The number of carbonyl (C=O) groups is 1. The molecule has 0 unspecified atom stereocenters. The summed E-state index contributed by atoms with van der Waals surface area (Å²) in [5.74, 6) is 1.04. The van der Waals surface area contributed by atoms with Gasteiger partial charge in [0.05, 0.1) is 0 Å². The molecule has 2 saturated heterocycles. The van der Waals surface area contributed by atoms with Crippen molar-refractivity contribution >= 4 is 17.1 Å². The van der Waals surface area contributed by atoms with Gasteiger partial charge in [-0.2, -0.15) is 0 Å². The molecule has 0 saturated carbocycles. The van der Waals surface area contributed by atoms with Crippen LogP contribution in [0.5, 0.6) is 0 Å². The van der Waals surface area contributed by atoms with Gasteiger partial charge in [-0.05, 0) is 0 Å². The maximum atomic E-state index is 11.1. The smallest absolute Gasteiger partial charge is 0.334 e. The Balaban J connectivity index is 2.07. The van der Waals surface area contributed by atoms with E-state index in [4.69, 9.17) is 4.74 Å². The number of ether oxygens (including phenoxy) is 1. The molecular formula is C9H12O3S. The minimum atomic E-state index is -0.706. The van der Waals surface area contributed by atoms with Crippen LogP contribution >= 0.6 is 0 Å². The third-order valence-corrected chi connectivity index (χ3v) is 4.02. The van der Waals surface area contributed by atoms with Gasteiger partial charge in [0.1, 0.15) is 17.1 Å². The van der Waals surface area contributed by atoms with Crippen molar-refractivity contribution in [2.24, 2.45) is 0 Å². The van der Waals surface area contributed by atoms with Crippen molar-refractivity contribution in [3.05, 3.63) is 12.2 Å². The second-order valence-corrected chi connectivity index (χ2v) is 5.40. The molecule has 2 aliphatic rings. The average molecular weight is 200 g/mol. The average Bonchev–Trinajstić information content (AvgIpc) is 2.36. The summed E-state index contributed by atoms with van der Waals surface area (Å²) in [4.78, 5) is 11.1. The number of carbonyl (C=O) groups excluding carboxylic acids is 1. The molecule has 13 heavy (non-hydrogen) atoms. The van der Waals surface area contributed by atoms with Crippen LogP contribution in [-0.2, 0) is 20.7 Å². The first kappa shape index (κ1) is 9.09. The van der Waals surface area contributed by atoms with Crippen LogP contribution in [0.4, 0.5) is 0 Å². The summed E-state index contributed by atoms with van der Waals surface area (Å²) >= 11 is -0.706. The van der Waals surface area contributed by atoms with E-state index in [1.54, 1.807) is 0 Å². The lowest BCUT2D eigenvalue weighted by atomic mass is 9.92. The van der Waals surface area contributed by atoms with Crippen molar-refractivity contribution in [1.29, 1.82) is 0 Å². The molecule has 0 aliphatic carbocycles. The van der Waals surface area contributed by atoms with Crippen LogP contribution in [0.15, 0.2) is 12.2 Å². The van der Waals surface area contributed by atoms with E-state index in [-0.39, 0.29) is 11.6 Å². The Morgan fingerprint density at radius 2 is 2.08 bits per heavy atom. The zero-order chi connectivity index (χ0) is 9.47. The van der Waals surface area contributed by atoms with Crippen molar-refractivity contribution in [3.63, 3.8) is 0 Å². The lowest BCUT2D eigenvalue weighted by Gasteiger charge is -2.31. The minimum absolute atomic E-state index is 0.271. The number of esters is 1. The number of hydrogen-bond acceptors (Lipinski definition) is 3. The first-order valence-electron chi connectivity index (χ1n) is 4.37. The van der Waals surface area contributed by atoms with Gasteiger partial charge in [0, 0.05) is 24.8 Å². The molecule has 2 rings (SSSR count). The molecule has 0 aromatic rings. The molecule has 0 atom stereocenters. The van der Waals surface area contributed by atoms with Crippen LogP contribution in [0, 0.1) is 0 Å². The van der Waals surface area contributed by atoms with E-state index in [0.29, 0.717) is 23.5 Å². The molecule has 2 aliphatic heterocycles. The Morgan fingerprint density at radius 1 is 1.46 bits per heavy atom. The Labute approximate surface area is 80.3 Å². The Kier molecular flexibility index (Phi) is 2.12. The molecule has 1 spiro atoms. The molecule has 2 fully saturated rings. The highest BCUT2D eigenvalue weighted by Crippen LogP contribution is 2.38. The standard InChI is InChI=1S/C9H12O3S/c1-7-6-9(12-8(7)10)2-4-13(11)5-3-9/h1-6H2. The summed E-state index contributed by atoms with van der Waals surface area (Å²) in [6.45, 7) is 3.65. The largest absolute Gasteiger partial charge is 0.616 e. The van der Waals surface area contributed by atoms with Gasteiger partial charge in [0.15, 0.2) is 0 Å². The molecule has 0 bridgehead atoms. The Hall–Kier alpha value is -0.480. The van der Waals surface area contributed by atoms with Crippen LogP contribution in [0.3, 0.4) is 0 Å². The van der Waals surface area contributed by atoms with Gasteiger partial charge in [-0.1, -0.05) is 17.8 Å². The molecule has 4 heteroatoms. The lowest BCUT2D eigenvalue weighted by Crippen LogP contribution is -2.38. The second kappa shape index (κ2) is 3.03. The van der Waals surface area contributed by atoms with Crippen LogP contribution in [0.2, 0.25) is 0 Å². The van der Waals surface area contributed by atoms with Gasteiger partial charge in [0.25, 0.3) is 0 Å². The molecule has 3 nitrogen and oxygen atoms in total. The van der Waals surface area contributed by atoms with Gasteiger partial charge in [-0.15, -0.1) is 0 Å². The number of hydrogen-bond donors (Lipinski definition) is 0. The SMILES string of the molecule is C=C1CC2(CC[S+]([O-])CC2)OC1=O. The summed E-state index contributed by atoms with van der Waals surface area (Å²) in [6.07, 6.45) is 2.08. The third-order valence-electron chi connectivity index (χ3n) is 2.70. The van der Waals surface area contributed by atoms with E-state index in [2.05, 4.69) is 6.58 Å². The van der Waals surface area contributed by atoms with E-state index in [9.17, 15) is 9.35 Å². The normalized spacial score (nSPS) is 39.6. The van der Waals surface area contributed by atoms with E-state index in [1.807, 2.05) is 0 Å². The fourth-order valence-corrected chi connectivity index (χ4v) is 3.28. The quantitative estimate of drug-likeness (QED) is 0.330. The highest BCUT2D eigenvalue weighted by molar-refractivity contribution is 7.91. The topological polar surface area (TPSA) is 49.4 Å². The lowest BCUT2D eigenvalue weighted by molar-refractivity contribution is -0.147. The summed E-state index contributed by atoms with van der Waals surface area (Å²) in [7, 11) is 0. The zero-order valence-electron chi connectivity index (χ0n) is 7.38. The maximum Gasteiger partial charge on any atom is 0.334 e. The fourth-order valence-electron chi connectivity index (χ4n) is 1.87. The van der Waals surface area contributed by atoms with Crippen LogP contribution in [0.25, 0.3) is 0 Å². The predicted octanol–water partition coefficient (Wildman–Crippen LogP) is 0.771.